The highest BCUT2D eigenvalue weighted by atomic mass is 16.5. The number of hydrogen-bond acceptors (Lipinski definition) is 6. The Morgan fingerprint density at radius 2 is 1.29 bits per heavy atom. The third-order valence-electron chi connectivity index (χ3n) is 12.5. The van der Waals surface area contributed by atoms with Gasteiger partial charge in [0.2, 0.25) is 11.8 Å². The van der Waals surface area contributed by atoms with Crippen molar-refractivity contribution in [2.24, 2.45) is 11.8 Å². The molecule has 0 radical (unpaired) electrons. The fraction of sp³-hybridized carbons (Fsp3) is 0.523. The largest absolute Gasteiger partial charge is 0.453 e. The monoisotopic (exact) mass is 745 g/mol. The van der Waals surface area contributed by atoms with E-state index in [9.17, 15) is 14.4 Å². The number of carbonyl (C=O) groups excluding carboxylic acids is 3. The fourth-order valence-corrected chi connectivity index (χ4v) is 9.81. The second-order valence-corrected chi connectivity index (χ2v) is 16.9. The third kappa shape index (κ3) is 7.06. The smallest absolute Gasteiger partial charge is 0.407 e. The van der Waals surface area contributed by atoms with Crippen LogP contribution in [0, 0.1) is 11.8 Å². The van der Waals surface area contributed by atoms with Crippen LogP contribution in [0.1, 0.15) is 132 Å². The number of rotatable bonds is 10. The van der Waals surface area contributed by atoms with E-state index in [1.54, 1.807) is 0 Å². The van der Waals surface area contributed by atoms with E-state index in [1.165, 1.54) is 60.6 Å². The highest BCUT2D eigenvalue weighted by Gasteiger charge is 2.39. The van der Waals surface area contributed by atoms with Crippen molar-refractivity contribution in [3.05, 3.63) is 71.6 Å². The van der Waals surface area contributed by atoms with Gasteiger partial charge in [-0.05, 0) is 103 Å². The van der Waals surface area contributed by atoms with Gasteiger partial charge in [0.1, 0.15) is 17.7 Å². The summed E-state index contributed by atoms with van der Waals surface area (Å²) in [4.78, 5) is 59.5. The molecule has 2 saturated heterocycles. The molecule has 3 fully saturated rings. The first-order chi connectivity index (χ1) is 26.6. The van der Waals surface area contributed by atoms with E-state index in [0.717, 1.165) is 60.8 Å². The minimum absolute atomic E-state index is 0.0168. The van der Waals surface area contributed by atoms with Crippen molar-refractivity contribution in [2.75, 3.05) is 20.2 Å². The molecule has 3 N–H and O–H groups in total. The summed E-state index contributed by atoms with van der Waals surface area (Å²) in [6.45, 7) is 9.47. The number of benzene rings is 2. The number of nitrogens with one attached hydrogen (secondary N) is 3. The Hall–Kier alpha value is -4.93. The van der Waals surface area contributed by atoms with Crippen molar-refractivity contribution >= 4 is 17.9 Å². The van der Waals surface area contributed by atoms with E-state index in [0.29, 0.717) is 30.7 Å². The lowest BCUT2D eigenvalue weighted by atomic mass is 9.64. The average molecular weight is 746 g/mol. The van der Waals surface area contributed by atoms with Crippen LogP contribution in [0.2, 0.25) is 0 Å². The number of hydrogen-bond donors (Lipinski definition) is 3. The summed E-state index contributed by atoms with van der Waals surface area (Å²) in [6.07, 6.45) is 12.3. The summed E-state index contributed by atoms with van der Waals surface area (Å²) < 4.78 is 4.79. The lowest BCUT2D eigenvalue weighted by molar-refractivity contribution is -0.135. The van der Waals surface area contributed by atoms with Crippen LogP contribution >= 0.6 is 0 Å². The van der Waals surface area contributed by atoms with Crippen LogP contribution in [-0.2, 0) is 14.3 Å². The van der Waals surface area contributed by atoms with E-state index < -0.39 is 12.1 Å². The minimum Gasteiger partial charge on any atom is -0.453 e. The zero-order valence-electron chi connectivity index (χ0n) is 32.9. The van der Waals surface area contributed by atoms with Crippen molar-refractivity contribution in [1.29, 1.82) is 0 Å². The Kier molecular flexibility index (Phi) is 10.3. The highest BCUT2D eigenvalue weighted by molar-refractivity contribution is 5.86. The van der Waals surface area contributed by atoms with Gasteiger partial charge in [-0.25, -0.2) is 14.8 Å². The molecule has 3 amide bonds. The number of amides is 3. The van der Waals surface area contributed by atoms with E-state index in [2.05, 4.69) is 65.5 Å². The number of H-pyrrole nitrogens is 2. The van der Waals surface area contributed by atoms with Crippen LogP contribution in [0.4, 0.5) is 4.79 Å². The van der Waals surface area contributed by atoms with E-state index >= 15 is 0 Å². The molecule has 2 aromatic heterocycles. The van der Waals surface area contributed by atoms with Gasteiger partial charge in [-0.3, -0.25) is 9.59 Å². The van der Waals surface area contributed by atoms with Crippen LogP contribution in [0.25, 0.3) is 33.6 Å². The topological polar surface area (TPSA) is 136 Å². The number of carbonyl (C=O) groups is 3. The zero-order valence-corrected chi connectivity index (χ0v) is 32.9. The third-order valence-corrected chi connectivity index (χ3v) is 12.5. The van der Waals surface area contributed by atoms with Gasteiger partial charge in [0.05, 0.1) is 43.0 Å². The van der Waals surface area contributed by atoms with Crippen molar-refractivity contribution in [2.45, 2.75) is 115 Å². The van der Waals surface area contributed by atoms with Gasteiger partial charge >= 0.3 is 6.09 Å². The summed E-state index contributed by atoms with van der Waals surface area (Å²) in [5.74, 6) is 3.11. The number of methoxy groups -OCH3 is 1. The molecule has 2 aliphatic heterocycles. The number of ether oxygens (including phenoxy) is 1. The molecule has 0 spiro atoms. The van der Waals surface area contributed by atoms with Gasteiger partial charge in [0.25, 0.3) is 0 Å². The molecule has 2 aromatic carbocycles. The molecule has 55 heavy (non-hydrogen) atoms. The molecule has 3 atom stereocenters. The maximum absolute atomic E-state index is 13.6. The van der Waals surface area contributed by atoms with Gasteiger partial charge in [0, 0.05) is 25.1 Å². The predicted molar refractivity (Wildman–Crippen MR) is 212 cm³/mol. The molecule has 4 aromatic rings. The number of aromatic amines is 2. The first-order valence-electron chi connectivity index (χ1n) is 20.4. The molecule has 3 aliphatic carbocycles. The first kappa shape index (κ1) is 37.0. The summed E-state index contributed by atoms with van der Waals surface area (Å²) in [7, 11) is 1.31. The molecule has 11 heteroatoms. The van der Waals surface area contributed by atoms with Gasteiger partial charge in [-0.15, -0.1) is 0 Å². The summed E-state index contributed by atoms with van der Waals surface area (Å²) >= 11 is 0. The Bertz CT molecular complexity index is 2040. The molecule has 11 nitrogen and oxygen atoms in total. The molecule has 2 bridgehead atoms. The Morgan fingerprint density at radius 1 is 0.745 bits per heavy atom. The van der Waals surface area contributed by atoms with Gasteiger partial charge in [-0.2, -0.15) is 0 Å². The van der Waals surface area contributed by atoms with Crippen LogP contribution in [0.5, 0.6) is 0 Å². The molecule has 5 aliphatic rings. The molecule has 0 unspecified atom stereocenters. The van der Waals surface area contributed by atoms with Crippen LogP contribution in [-0.4, -0.2) is 73.9 Å². The van der Waals surface area contributed by atoms with Gasteiger partial charge < -0.3 is 29.8 Å². The lowest BCUT2D eigenvalue weighted by Gasteiger charge is -2.41. The normalized spacial score (nSPS) is 22.4. The average Bonchev–Trinajstić information content (AvgIpc) is 4.03. The van der Waals surface area contributed by atoms with E-state index in [1.807, 2.05) is 36.0 Å². The molecule has 4 heterocycles. The minimum atomic E-state index is -0.670. The number of fused-ring (bicyclic) bond motifs is 2. The van der Waals surface area contributed by atoms with Crippen molar-refractivity contribution in [1.82, 2.24) is 35.1 Å². The Morgan fingerprint density at radius 3 is 1.91 bits per heavy atom. The molecule has 9 rings (SSSR count). The number of alkyl carbamates (subject to hydrolysis) is 1. The van der Waals surface area contributed by atoms with Crippen molar-refractivity contribution in [3.8, 4) is 33.6 Å². The second-order valence-electron chi connectivity index (χ2n) is 16.9. The number of nitrogens with zero attached hydrogens (tertiary/aromatic N) is 4. The molecule has 290 valence electrons. The Balaban J connectivity index is 1.03. The Labute approximate surface area is 324 Å². The van der Waals surface area contributed by atoms with Crippen LogP contribution < -0.4 is 5.32 Å². The number of likely N-dealkylation sites (tertiary alicyclic amines) is 2. The SMILES string of the molecule is COC(=O)N[C@H](C(=O)N1CCC[C@H]1c1ncc(-c2ccc(-c3ccc(-c4cnc([C@@H]5CCCN5C(=O)CC(C)C)[nH]4)c4c3C3CCC4CC3)cc2)[nH]1)C(C)C. The van der Waals surface area contributed by atoms with Gasteiger partial charge in [0.15, 0.2) is 0 Å². The molecular weight excluding hydrogens is 691 g/mol. The summed E-state index contributed by atoms with van der Waals surface area (Å²) in [5, 5.41) is 2.73. The van der Waals surface area contributed by atoms with E-state index in [-0.39, 0.29) is 29.8 Å². The number of aromatic nitrogens is 4. The number of imidazole rings is 2. The summed E-state index contributed by atoms with van der Waals surface area (Å²) in [5.41, 5.74) is 9.75. The van der Waals surface area contributed by atoms with Crippen LogP contribution in [0.15, 0.2) is 48.8 Å². The maximum Gasteiger partial charge on any atom is 0.407 e. The fourth-order valence-electron chi connectivity index (χ4n) is 9.81. The molecule has 1 saturated carbocycles. The van der Waals surface area contributed by atoms with Gasteiger partial charge in [-0.1, -0.05) is 64.1 Å². The standard InChI is InChI=1S/C44H55N7O4/c1-25(2)22-37(52)50-20-6-8-35(50)41-46-24-34(48-41)32-19-18-31(38-29-14-16-30(17-15-29)39(32)38)27-10-12-28(13-11-27)33-23-45-42(47-33)36-9-7-21-51(36)43(53)40(26(3)4)49-44(54)55-5/h10-13,18-19,23-26,29-30,35-36,40H,6-9,14-17,20-22H2,1-5H3,(H,45,47)(H,46,48)(H,49,54)/t29?,30?,35-,36-,40-/m0/s1. The zero-order chi connectivity index (χ0) is 38.4. The quantitative estimate of drug-likeness (QED) is 0.149. The van der Waals surface area contributed by atoms with Crippen molar-refractivity contribution < 1.29 is 19.1 Å². The first-order valence-corrected chi connectivity index (χ1v) is 20.4. The second kappa shape index (κ2) is 15.3. The lowest BCUT2D eigenvalue weighted by Crippen LogP contribution is -2.51. The highest BCUT2D eigenvalue weighted by Crippen LogP contribution is 2.55. The van der Waals surface area contributed by atoms with E-state index in [4.69, 9.17) is 14.7 Å². The van der Waals surface area contributed by atoms with Crippen LogP contribution in [0.3, 0.4) is 0 Å². The molecular formula is C44H55N7O4. The van der Waals surface area contributed by atoms with Crippen molar-refractivity contribution in [3.63, 3.8) is 0 Å². The maximum atomic E-state index is 13.6. The predicted octanol–water partition coefficient (Wildman–Crippen LogP) is 8.64. The summed E-state index contributed by atoms with van der Waals surface area (Å²) in [6, 6.07) is 12.5.